The Hall–Kier alpha value is -1.93. The monoisotopic (exact) mass is 334 g/mol. The van der Waals surface area contributed by atoms with Gasteiger partial charge in [-0.15, -0.1) is 11.8 Å². The summed E-state index contributed by atoms with van der Waals surface area (Å²) in [6, 6.07) is 9.71. The van der Waals surface area contributed by atoms with Crippen LogP contribution in [0.15, 0.2) is 47.9 Å². The molecule has 22 heavy (non-hydrogen) atoms. The van der Waals surface area contributed by atoms with Gasteiger partial charge in [0, 0.05) is 12.0 Å². The van der Waals surface area contributed by atoms with Gasteiger partial charge in [-0.3, -0.25) is 0 Å². The molecule has 0 unspecified atom stereocenters. The number of para-hydroxylation sites is 1. The summed E-state index contributed by atoms with van der Waals surface area (Å²) < 4.78 is 24.2. The number of aromatic nitrogens is 4. The smallest absolute Gasteiger partial charge is 0.167 e. The van der Waals surface area contributed by atoms with Crippen LogP contribution in [0.25, 0.3) is 16.7 Å². The summed E-state index contributed by atoms with van der Waals surface area (Å²) >= 11 is 1.40. The molecule has 0 aliphatic rings. The molecule has 0 aliphatic carbocycles. The summed E-state index contributed by atoms with van der Waals surface area (Å²) in [5, 5.41) is 5.94. The van der Waals surface area contributed by atoms with Crippen LogP contribution in [-0.4, -0.2) is 45.9 Å². The summed E-state index contributed by atoms with van der Waals surface area (Å²) in [6.45, 7) is 0. The second-order valence-electron chi connectivity index (χ2n) is 4.79. The topological polar surface area (TPSA) is 77.7 Å². The lowest BCUT2D eigenvalue weighted by atomic mass is 10.3. The number of sulfone groups is 1. The van der Waals surface area contributed by atoms with Gasteiger partial charge in [-0.25, -0.2) is 23.1 Å². The SMILES string of the molecule is CS(=O)(=O)CCSc1ncnc2c1cnn2-c1ccccc1. The molecule has 0 radical (unpaired) electrons. The number of fused-ring (bicyclic) bond motifs is 1. The molecule has 0 saturated carbocycles. The number of benzene rings is 1. The molecule has 3 aromatic rings. The Morgan fingerprint density at radius 2 is 1.95 bits per heavy atom. The fraction of sp³-hybridized carbons (Fsp3) is 0.214. The van der Waals surface area contributed by atoms with Crippen molar-refractivity contribution in [3.63, 3.8) is 0 Å². The van der Waals surface area contributed by atoms with Crippen molar-refractivity contribution in [1.82, 2.24) is 19.7 Å². The van der Waals surface area contributed by atoms with Gasteiger partial charge in [-0.1, -0.05) is 18.2 Å². The maximum Gasteiger partial charge on any atom is 0.167 e. The minimum Gasteiger partial charge on any atom is -0.229 e. The summed E-state index contributed by atoms with van der Waals surface area (Å²) in [4.78, 5) is 8.53. The van der Waals surface area contributed by atoms with E-state index in [1.807, 2.05) is 30.3 Å². The van der Waals surface area contributed by atoms with Gasteiger partial charge in [0.2, 0.25) is 0 Å². The van der Waals surface area contributed by atoms with Crippen LogP contribution in [0.5, 0.6) is 0 Å². The van der Waals surface area contributed by atoms with Crippen molar-refractivity contribution in [2.75, 3.05) is 17.8 Å². The van der Waals surface area contributed by atoms with Crippen molar-refractivity contribution in [1.29, 1.82) is 0 Å². The predicted octanol–water partition coefficient (Wildman–Crippen LogP) is 1.95. The van der Waals surface area contributed by atoms with Crippen LogP contribution in [0.3, 0.4) is 0 Å². The van der Waals surface area contributed by atoms with Crippen molar-refractivity contribution in [2.45, 2.75) is 5.03 Å². The highest BCUT2D eigenvalue weighted by molar-refractivity contribution is 8.00. The van der Waals surface area contributed by atoms with E-state index < -0.39 is 9.84 Å². The number of thioether (sulfide) groups is 1. The van der Waals surface area contributed by atoms with Crippen molar-refractivity contribution < 1.29 is 8.42 Å². The molecule has 6 nitrogen and oxygen atoms in total. The fourth-order valence-corrected chi connectivity index (χ4v) is 4.14. The van der Waals surface area contributed by atoms with E-state index >= 15 is 0 Å². The van der Waals surface area contributed by atoms with Gasteiger partial charge in [0.1, 0.15) is 21.2 Å². The first-order valence-electron chi connectivity index (χ1n) is 6.59. The van der Waals surface area contributed by atoms with E-state index in [2.05, 4.69) is 15.1 Å². The van der Waals surface area contributed by atoms with Gasteiger partial charge in [0.15, 0.2) is 5.65 Å². The second-order valence-corrected chi connectivity index (χ2v) is 8.13. The van der Waals surface area contributed by atoms with Crippen LogP contribution in [0.4, 0.5) is 0 Å². The van der Waals surface area contributed by atoms with Crippen LogP contribution in [0, 0.1) is 0 Å². The highest BCUT2D eigenvalue weighted by atomic mass is 32.2. The highest BCUT2D eigenvalue weighted by Crippen LogP contribution is 2.25. The van der Waals surface area contributed by atoms with E-state index in [4.69, 9.17) is 0 Å². The van der Waals surface area contributed by atoms with E-state index in [1.54, 1.807) is 10.9 Å². The van der Waals surface area contributed by atoms with Crippen LogP contribution in [0.2, 0.25) is 0 Å². The molecule has 0 amide bonds. The van der Waals surface area contributed by atoms with Crippen molar-refractivity contribution in [2.24, 2.45) is 0 Å². The third kappa shape index (κ3) is 3.28. The Kier molecular flexibility index (Phi) is 4.12. The van der Waals surface area contributed by atoms with Gasteiger partial charge in [-0.2, -0.15) is 5.10 Å². The minimum absolute atomic E-state index is 0.121. The molecule has 2 heterocycles. The fourth-order valence-electron chi connectivity index (χ4n) is 1.99. The van der Waals surface area contributed by atoms with E-state index in [0.29, 0.717) is 11.4 Å². The molecule has 0 atom stereocenters. The molecule has 2 aromatic heterocycles. The molecule has 0 aliphatic heterocycles. The molecule has 0 spiro atoms. The van der Waals surface area contributed by atoms with Crippen molar-refractivity contribution in [3.05, 3.63) is 42.9 Å². The molecular weight excluding hydrogens is 320 g/mol. The Labute approximate surface area is 132 Å². The van der Waals surface area contributed by atoms with Gasteiger partial charge in [0.25, 0.3) is 0 Å². The molecule has 114 valence electrons. The lowest BCUT2D eigenvalue weighted by molar-refractivity contribution is 0.603. The summed E-state index contributed by atoms with van der Waals surface area (Å²) in [5.74, 6) is 0.581. The number of nitrogens with zero attached hydrogens (tertiary/aromatic N) is 4. The quantitative estimate of drug-likeness (QED) is 0.524. The molecule has 0 saturated heterocycles. The minimum atomic E-state index is -2.97. The molecule has 1 aromatic carbocycles. The Balaban J connectivity index is 1.92. The van der Waals surface area contributed by atoms with E-state index in [-0.39, 0.29) is 5.75 Å². The van der Waals surface area contributed by atoms with Crippen molar-refractivity contribution in [3.8, 4) is 5.69 Å². The normalized spacial score (nSPS) is 11.9. The molecule has 0 bridgehead atoms. The average molecular weight is 334 g/mol. The first kappa shape index (κ1) is 15.0. The maximum absolute atomic E-state index is 11.2. The number of rotatable bonds is 5. The third-order valence-electron chi connectivity index (χ3n) is 3.02. The predicted molar refractivity (Wildman–Crippen MR) is 87.1 cm³/mol. The lowest BCUT2D eigenvalue weighted by Crippen LogP contribution is -2.05. The Morgan fingerprint density at radius 1 is 1.18 bits per heavy atom. The van der Waals surface area contributed by atoms with E-state index in [0.717, 1.165) is 16.1 Å². The Morgan fingerprint density at radius 3 is 2.68 bits per heavy atom. The third-order valence-corrected chi connectivity index (χ3v) is 5.23. The Bertz CT molecular complexity index is 892. The van der Waals surface area contributed by atoms with E-state index in [9.17, 15) is 8.42 Å². The molecule has 0 N–H and O–H groups in total. The summed E-state index contributed by atoms with van der Waals surface area (Å²) in [6.07, 6.45) is 4.42. The average Bonchev–Trinajstić information content (AvgIpc) is 2.92. The lowest BCUT2D eigenvalue weighted by Gasteiger charge is -2.03. The summed E-state index contributed by atoms with van der Waals surface area (Å²) in [7, 11) is -2.97. The van der Waals surface area contributed by atoms with Gasteiger partial charge >= 0.3 is 0 Å². The highest BCUT2D eigenvalue weighted by Gasteiger charge is 2.12. The van der Waals surface area contributed by atoms with Gasteiger partial charge in [-0.05, 0) is 12.1 Å². The zero-order chi connectivity index (χ0) is 15.6. The van der Waals surface area contributed by atoms with Gasteiger partial charge < -0.3 is 0 Å². The van der Waals surface area contributed by atoms with Crippen LogP contribution < -0.4 is 0 Å². The summed E-state index contributed by atoms with van der Waals surface area (Å²) in [5.41, 5.74) is 1.63. The standard InChI is InChI=1S/C14H14N4O2S2/c1-22(19,20)8-7-21-14-12-9-17-18(13(12)15-10-16-14)11-5-3-2-4-6-11/h2-6,9-10H,7-8H2,1H3. The molecular formula is C14H14N4O2S2. The van der Waals surface area contributed by atoms with Crippen LogP contribution in [0.1, 0.15) is 0 Å². The van der Waals surface area contributed by atoms with Crippen molar-refractivity contribution >= 4 is 32.6 Å². The van der Waals surface area contributed by atoms with Gasteiger partial charge in [0.05, 0.1) is 23.0 Å². The molecule has 3 rings (SSSR count). The van der Waals surface area contributed by atoms with E-state index in [1.165, 1.54) is 24.3 Å². The molecule has 0 fully saturated rings. The second kappa shape index (κ2) is 6.05. The number of hydrogen-bond acceptors (Lipinski definition) is 6. The van der Waals surface area contributed by atoms with Crippen LogP contribution >= 0.6 is 11.8 Å². The zero-order valence-corrected chi connectivity index (χ0v) is 13.5. The molecule has 8 heteroatoms. The largest absolute Gasteiger partial charge is 0.229 e. The first-order chi connectivity index (χ1) is 10.5. The van der Waals surface area contributed by atoms with Crippen LogP contribution in [-0.2, 0) is 9.84 Å². The first-order valence-corrected chi connectivity index (χ1v) is 9.64. The zero-order valence-electron chi connectivity index (χ0n) is 11.9. The maximum atomic E-state index is 11.2. The number of hydrogen-bond donors (Lipinski definition) is 0.